The van der Waals surface area contributed by atoms with Crippen molar-refractivity contribution in [2.24, 2.45) is 0 Å². The van der Waals surface area contributed by atoms with E-state index in [4.69, 9.17) is 5.73 Å². The second kappa shape index (κ2) is 7.33. The summed E-state index contributed by atoms with van der Waals surface area (Å²) in [5.74, 6) is 2.07. The van der Waals surface area contributed by atoms with E-state index in [1.165, 1.54) is 15.4 Å². The monoisotopic (exact) mass is 343 g/mol. The van der Waals surface area contributed by atoms with Crippen molar-refractivity contribution in [3.63, 3.8) is 0 Å². The van der Waals surface area contributed by atoms with Crippen molar-refractivity contribution in [3.8, 4) is 0 Å². The van der Waals surface area contributed by atoms with Gasteiger partial charge in [0.1, 0.15) is 0 Å². The molecule has 0 aliphatic heterocycles. The fourth-order valence-corrected chi connectivity index (χ4v) is 6.24. The van der Waals surface area contributed by atoms with Crippen LogP contribution in [0, 0.1) is 0 Å². The minimum Gasteiger partial charge on any atom is -0.399 e. The van der Waals surface area contributed by atoms with Crippen molar-refractivity contribution in [1.29, 1.82) is 0 Å². The van der Waals surface area contributed by atoms with Crippen molar-refractivity contribution in [2.75, 3.05) is 17.2 Å². The van der Waals surface area contributed by atoms with E-state index in [0.717, 1.165) is 27.7 Å². The van der Waals surface area contributed by atoms with Gasteiger partial charge in [-0.15, -0.1) is 12.6 Å². The molecule has 0 atom stereocenters. The second-order valence-electron chi connectivity index (χ2n) is 5.48. The number of hydrogen-bond acceptors (Lipinski definition) is 2. The van der Waals surface area contributed by atoms with Gasteiger partial charge in [-0.1, -0.05) is 51.3 Å². The molecule has 0 saturated carbocycles. The Labute approximate surface area is 147 Å². The number of nitrogen functional groups attached to an aromatic ring is 1. The molecule has 0 unspecified atom stereocenters. The Morgan fingerprint density at radius 1 is 0.870 bits per heavy atom. The van der Waals surface area contributed by atoms with Crippen LogP contribution in [0.3, 0.4) is 0 Å². The van der Waals surface area contributed by atoms with Gasteiger partial charge in [-0.25, -0.2) is 0 Å². The highest BCUT2D eigenvalue weighted by atomic mass is 32.3. The molecule has 0 saturated heterocycles. The number of hydrogen-bond donors (Lipinski definition) is 2. The van der Waals surface area contributed by atoms with Crippen LogP contribution in [0.4, 0.5) is 5.69 Å². The average Bonchev–Trinajstić information content (AvgIpc) is 2.57. The van der Waals surface area contributed by atoms with Crippen molar-refractivity contribution < 1.29 is 0 Å². The highest BCUT2D eigenvalue weighted by Crippen LogP contribution is 2.67. The Morgan fingerprint density at radius 2 is 1.26 bits per heavy atom. The van der Waals surface area contributed by atoms with Gasteiger partial charge in [0.05, 0.1) is 0 Å². The lowest BCUT2D eigenvalue weighted by molar-refractivity contribution is 1.42. The minimum atomic E-state index is -1.22. The summed E-state index contributed by atoms with van der Waals surface area (Å²) in [4.78, 5) is 3.34. The van der Waals surface area contributed by atoms with Gasteiger partial charge in [-0.05, 0) is 56.7 Å². The molecule has 2 aromatic carbocycles. The molecule has 0 aliphatic carbocycles. The van der Waals surface area contributed by atoms with Gasteiger partial charge in [-0.3, -0.25) is 0 Å². The van der Waals surface area contributed by atoms with Gasteiger partial charge in [0, 0.05) is 10.6 Å². The van der Waals surface area contributed by atoms with E-state index < -0.39 is 10.0 Å². The second-order valence-corrected chi connectivity index (χ2v) is 9.90. The van der Waals surface area contributed by atoms with E-state index in [2.05, 4.69) is 63.9 Å². The number of nitrogens with two attached hydrogens (primary N) is 1. The number of thiol groups is 1. The molecule has 1 nitrogen and oxygen atoms in total. The smallest absolute Gasteiger partial charge is 0.0314 e. The molecule has 2 aromatic rings. The zero-order valence-electron chi connectivity index (χ0n) is 13.9. The number of rotatable bonds is 6. The Hall–Kier alpha value is -1.58. The summed E-state index contributed by atoms with van der Waals surface area (Å²) < 4.78 is 0. The van der Waals surface area contributed by atoms with E-state index in [-0.39, 0.29) is 0 Å². The normalized spacial score (nSPS) is 12.0. The van der Waals surface area contributed by atoms with E-state index in [0.29, 0.717) is 0 Å². The van der Waals surface area contributed by atoms with Crippen LogP contribution in [0.2, 0.25) is 0 Å². The summed E-state index contributed by atoms with van der Waals surface area (Å²) in [5, 5.41) is 0. The third-order valence-corrected chi connectivity index (χ3v) is 8.98. The third-order valence-electron chi connectivity index (χ3n) is 4.35. The lowest BCUT2D eigenvalue weighted by Gasteiger charge is -2.42. The first-order chi connectivity index (χ1) is 10.9. The third kappa shape index (κ3) is 3.51. The molecule has 2 N–H and O–H groups in total. The van der Waals surface area contributed by atoms with Crippen molar-refractivity contribution in [2.45, 2.75) is 18.7 Å². The summed E-state index contributed by atoms with van der Waals surface area (Å²) in [7, 11) is -1.22. The van der Waals surface area contributed by atoms with Crippen LogP contribution in [0.5, 0.6) is 0 Å². The quantitative estimate of drug-likeness (QED) is 0.485. The summed E-state index contributed by atoms with van der Waals surface area (Å²) >= 11 is 4.37. The molecule has 23 heavy (non-hydrogen) atoms. The lowest BCUT2D eigenvalue weighted by atomic mass is 10.2. The molecule has 0 bridgehead atoms. The predicted molar refractivity (Wildman–Crippen MR) is 111 cm³/mol. The number of anilines is 1. The average molecular weight is 344 g/mol. The van der Waals surface area contributed by atoms with Gasteiger partial charge >= 0.3 is 0 Å². The Bertz CT molecular complexity index is 636. The van der Waals surface area contributed by atoms with E-state index in [1.54, 1.807) is 0 Å². The van der Waals surface area contributed by atoms with Crippen LogP contribution in [-0.2, 0) is 0 Å². The van der Waals surface area contributed by atoms with Crippen LogP contribution in [0.1, 0.15) is 25.0 Å². The number of benzene rings is 2. The Morgan fingerprint density at radius 3 is 1.65 bits per heavy atom. The molecule has 0 aromatic heterocycles. The Balaban J connectivity index is 2.45. The minimum absolute atomic E-state index is 0.776. The SMILES string of the molecule is C=C(c1ccc(N)cc1)S(CC)(CC)C(=C)c1ccc(S)cc1. The molecule has 3 heteroatoms. The van der Waals surface area contributed by atoms with Gasteiger partial charge < -0.3 is 5.73 Å². The van der Waals surface area contributed by atoms with Crippen molar-refractivity contribution in [3.05, 3.63) is 72.8 Å². The van der Waals surface area contributed by atoms with Crippen LogP contribution in [0.15, 0.2) is 66.6 Å². The van der Waals surface area contributed by atoms with Gasteiger partial charge in [0.15, 0.2) is 0 Å². The first-order valence-electron chi connectivity index (χ1n) is 7.76. The van der Waals surface area contributed by atoms with Crippen LogP contribution in [0.25, 0.3) is 9.81 Å². The molecule has 0 heterocycles. The van der Waals surface area contributed by atoms with E-state index in [1.807, 2.05) is 24.3 Å². The topological polar surface area (TPSA) is 26.0 Å². The van der Waals surface area contributed by atoms with Crippen LogP contribution < -0.4 is 5.73 Å². The molecule has 0 radical (unpaired) electrons. The summed E-state index contributed by atoms with van der Waals surface area (Å²) in [6, 6.07) is 16.3. The summed E-state index contributed by atoms with van der Waals surface area (Å²) in [6.07, 6.45) is 0. The fraction of sp³-hybridized carbons (Fsp3) is 0.200. The Kier molecular flexibility index (Phi) is 5.66. The maximum atomic E-state index is 5.82. The molecule has 2 rings (SSSR count). The molecule has 122 valence electrons. The summed E-state index contributed by atoms with van der Waals surface area (Å²) in [6.45, 7) is 13.4. The predicted octanol–water partition coefficient (Wildman–Crippen LogP) is 6.04. The highest BCUT2D eigenvalue weighted by Gasteiger charge is 2.28. The van der Waals surface area contributed by atoms with E-state index in [9.17, 15) is 0 Å². The molecular weight excluding hydrogens is 318 g/mol. The van der Waals surface area contributed by atoms with Gasteiger partial charge in [-0.2, -0.15) is 10.0 Å². The highest BCUT2D eigenvalue weighted by molar-refractivity contribution is 8.47. The first-order valence-corrected chi connectivity index (χ1v) is 10.2. The molecule has 0 amide bonds. The van der Waals surface area contributed by atoms with Crippen molar-refractivity contribution >= 4 is 38.2 Å². The molecule has 0 aliphatic rings. The standard InChI is InChI=1S/C20H25NS2/c1-5-23(6-2,15(3)17-7-11-19(21)12-8-17)16(4)18-9-13-20(22)14-10-18/h7-14,22H,3-6,21H2,1-2H3. The lowest BCUT2D eigenvalue weighted by Crippen LogP contribution is -2.09. The van der Waals surface area contributed by atoms with Crippen molar-refractivity contribution in [1.82, 2.24) is 0 Å². The van der Waals surface area contributed by atoms with Gasteiger partial charge in [0.25, 0.3) is 0 Å². The molecular formula is C20H25NS2. The fourth-order valence-electron chi connectivity index (χ4n) is 2.82. The van der Waals surface area contributed by atoms with Crippen LogP contribution in [-0.4, -0.2) is 11.5 Å². The zero-order valence-corrected chi connectivity index (χ0v) is 15.6. The van der Waals surface area contributed by atoms with Crippen LogP contribution >= 0.6 is 22.7 Å². The maximum absolute atomic E-state index is 5.82. The molecule has 0 spiro atoms. The maximum Gasteiger partial charge on any atom is 0.0314 e. The first kappa shape index (κ1) is 17.8. The summed E-state index contributed by atoms with van der Waals surface area (Å²) in [5.41, 5.74) is 8.93. The largest absolute Gasteiger partial charge is 0.399 e. The van der Waals surface area contributed by atoms with Gasteiger partial charge in [0.2, 0.25) is 0 Å². The van der Waals surface area contributed by atoms with E-state index >= 15 is 0 Å². The zero-order chi connectivity index (χ0) is 17.0. The molecule has 0 fully saturated rings.